The third kappa shape index (κ3) is 3.60. The molecule has 1 fully saturated rings. The molecule has 0 radical (unpaired) electrons. The van der Waals surface area contributed by atoms with E-state index in [0.29, 0.717) is 11.3 Å². The van der Waals surface area contributed by atoms with Crippen LogP contribution in [0.2, 0.25) is 0 Å². The van der Waals surface area contributed by atoms with Crippen LogP contribution in [-0.4, -0.2) is 34.4 Å². The molecule has 0 bridgehead atoms. The van der Waals surface area contributed by atoms with Crippen molar-refractivity contribution < 1.29 is 23.3 Å². The number of rotatable bonds is 4. The van der Waals surface area contributed by atoms with Gasteiger partial charge in [0.05, 0.1) is 0 Å². The highest BCUT2D eigenvalue weighted by Gasteiger charge is 2.49. The van der Waals surface area contributed by atoms with Crippen molar-refractivity contribution in [1.82, 2.24) is 15.4 Å². The number of carbonyl (C=O) groups excluding carboxylic acids is 3. The zero-order chi connectivity index (χ0) is 20.7. The molecule has 2 aromatic rings. The summed E-state index contributed by atoms with van der Waals surface area (Å²) in [6.07, 6.45) is 0. The van der Waals surface area contributed by atoms with Gasteiger partial charge in [-0.2, -0.15) is 0 Å². The molecule has 1 saturated heterocycles. The average molecular weight is 388 g/mol. The summed E-state index contributed by atoms with van der Waals surface area (Å²) in [6, 6.07) is 6.12. The Morgan fingerprint density at radius 1 is 1.29 bits per heavy atom. The number of hydrogen-bond donors (Lipinski definition) is 2. The van der Waals surface area contributed by atoms with Gasteiger partial charge in [-0.05, 0) is 24.6 Å². The van der Waals surface area contributed by atoms with Crippen LogP contribution in [0.3, 0.4) is 0 Å². The van der Waals surface area contributed by atoms with Gasteiger partial charge < -0.3 is 15.2 Å². The van der Waals surface area contributed by atoms with Crippen molar-refractivity contribution in [2.24, 2.45) is 0 Å². The van der Waals surface area contributed by atoms with Gasteiger partial charge in [0.25, 0.3) is 5.91 Å². The molecule has 0 aliphatic carbocycles. The number of benzene rings is 1. The summed E-state index contributed by atoms with van der Waals surface area (Å²) in [7, 11) is 0. The number of carbonyl (C=O) groups is 3. The Balaban J connectivity index is 1.71. The molecule has 1 aromatic carbocycles. The SMILES string of the molecule is CC(C)(C)c1cc(NC(=O)CN2C(=O)NC(C)(c3ccc(F)cc3)C2=O)no1. The fourth-order valence-corrected chi connectivity index (χ4v) is 2.83. The smallest absolute Gasteiger partial charge is 0.325 e. The van der Waals surface area contributed by atoms with Gasteiger partial charge in [-0.25, -0.2) is 9.18 Å². The van der Waals surface area contributed by atoms with Crippen molar-refractivity contribution in [3.63, 3.8) is 0 Å². The van der Waals surface area contributed by atoms with Crippen LogP contribution in [0.1, 0.15) is 39.0 Å². The molecular weight excluding hydrogens is 367 g/mol. The lowest BCUT2D eigenvalue weighted by Gasteiger charge is -2.22. The Hall–Kier alpha value is -3.23. The first-order chi connectivity index (χ1) is 13.0. The lowest BCUT2D eigenvalue weighted by Crippen LogP contribution is -2.42. The maximum Gasteiger partial charge on any atom is 0.325 e. The maximum absolute atomic E-state index is 13.2. The van der Waals surface area contributed by atoms with Gasteiger partial charge in [0, 0.05) is 11.5 Å². The molecule has 1 aliphatic heterocycles. The highest BCUT2D eigenvalue weighted by Crippen LogP contribution is 2.29. The number of nitrogens with one attached hydrogen (secondary N) is 2. The first kappa shape index (κ1) is 19.5. The van der Waals surface area contributed by atoms with Gasteiger partial charge in [-0.15, -0.1) is 0 Å². The number of halogens is 1. The zero-order valence-electron chi connectivity index (χ0n) is 16.0. The Labute approximate surface area is 161 Å². The average Bonchev–Trinajstić information content (AvgIpc) is 3.15. The summed E-state index contributed by atoms with van der Waals surface area (Å²) in [5.74, 6) is -0.872. The van der Waals surface area contributed by atoms with E-state index in [1.165, 1.54) is 31.2 Å². The van der Waals surface area contributed by atoms with E-state index >= 15 is 0 Å². The maximum atomic E-state index is 13.2. The van der Waals surface area contributed by atoms with E-state index in [1.807, 2.05) is 20.8 Å². The highest BCUT2D eigenvalue weighted by molar-refractivity contribution is 6.10. The van der Waals surface area contributed by atoms with E-state index in [1.54, 1.807) is 6.07 Å². The van der Waals surface area contributed by atoms with Crippen molar-refractivity contribution in [2.75, 3.05) is 11.9 Å². The molecule has 4 amide bonds. The van der Waals surface area contributed by atoms with Crippen molar-refractivity contribution in [1.29, 1.82) is 0 Å². The molecule has 1 aromatic heterocycles. The van der Waals surface area contributed by atoms with E-state index in [2.05, 4.69) is 15.8 Å². The fraction of sp³-hybridized carbons (Fsp3) is 0.368. The Morgan fingerprint density at radius 2 is 1.93 bits per heavy atom. The van der Waals surface area contributed by atoms with Gasteiger partial charge in [0.15, 0.2) is 5.82 Å². The molecule has 0 saturated carbocycles. The Bertz CT molecular complexity index is 932. The third-order valence-corrected chi connectivity index (χ3v) is 4.52. The van der Waals surface area contributed by atoms with Gasteiger partial charge in [-0.3, -0.25) is 14.5 Å². The van der Waals surface area contributed by atoms with E-state index in [-0.39, 0.29) is 11.2 Å². The Morgan fingerprint density at radius 3 is 2.50 bits per heavy atom. The number of aromatic nitrogens is 1. The zero-order valence-corrected chi connectivity index (χ0v) is 16.0. The second-order valence-electron chi connectivity index (χ2n) is 7.83. The summed E-state index contributed by atoms with van der Waals surface area (Å²) in [4.78, 5) is 38.2. The lowest BCUT2D eigenvalue weighted by molar-refractivity contribution is -0.133. The lowest BCUT2D eigenvalue weighted by atomic mass is 9.92. The van der Waals surface area contributed by atoms with E-state index < -0.39 is 35.7 Å². The molecule has 2 N–H and O–H groups in total. The summed E-state index contributed by atoms with van der Waals surface area (Å²) >= 11 is 0. The van der Waals surface area contributed by atoms with Crippen LogP contribution < -0.4 is 10.6 Å². The minimum atomic E-state index is -1.38. The van der Waals surface area contributed by atoms with Gasteiger partial charge in [0.2, 0.25) is 5.91 Å². The summed E-state index contributed by atoms with van der Waals surface area (Å²) in [5, 5.41) is 8.84. The van der Waals surface area contributed by atoms with Crippen molar-refractivity contribution >= 4 is 23.7 Å². The second kappa shape index (κ2) is 6.74. The first-order valence-electron chi connectivity index (χ1n) is 8.68. The molecule has 28 heavy (non-hydrogen) atoms. The topological polar surface area (TPSA) is 105 Å². The normalized spacial score (nSPS) is 19.7. The number of hydrogen-bond acceptors (Lipinski definition) is 5. The van der Waals surface area contributed by atoms with Gasteiger partial charge in [0.1, 0.15) is 23.7 Å². The molecule has 9 heteroatoms. The minimum Gasteiger partial charge on any atom is -0.359 e. The van der Waals surface area contributed by atoms with Crippen molar-refractivity contribution in [2.45, 2.75) is 38.6 Å². The molecule has 1 unspecified atom stereocenters. The molecular formula is C19H21FN4O4. The fourth-order valence-electron chi connectivity index (χ4n) is 2.83. The highest BCUT2D eigenvalue weighted by atomic mass is 19.1. The van der Waals surface area contributed by atoms with E-state index in [9.17, 15) is 18.8 Å². The number of urea groups is 1. The number of anilines is 1. The second-order valence-corrected chi connectivity index (χ2v) is 7.83. The number of imide groups is 1. The largest absolute Gasteiger partial charge is 0.359 e. The van der Waals surface area contributed by atoms with Crippen LogP contribution in [0.15, 0.2) is 34.9 Å². The van der Waals surface area contributed by atoms with Crippen LogP contribution in [0.4, 0.5) is 15.0 Å². The molecule has 1 aliphatic rings. The van der Waals surface area contributed by atoms with Crippen LogP contribution in [0.25, 0.3) is 0 Å². The summed E-state index contributed by atoms with van der Waals surface area (Å²) < 4.78 is 18.3. The van der Waals surface area contributed by atoms with E-state index in [4.69, 9.17) is 4.52 Å². The predicted octanol–water partition coefficient (Wildman–Crippen LogP) is 2.52. The van der Waals surface area contributed by atoms with Gasteiger partial charge >= 0.3 is 6.03 Å². The molecule has 3 rings (SSSR count). The molecule has 2 heterocycles. The van der Waals surface area contributed by atoms with Crippen molar-refractivity contribution in [3.05, 3.63) is 47.5 Å². The molecule has 1 atom stereocenters. The number of amides is 4. The minimum absolute atomic E-state index is 0.197. The quantitative estimate of drug-likeness (QED) is 0.783. The predicted molar refractivity (Wildman–Crippen MR) is 97.8 cm³/mol. The van der Waals surface area contributed by atoms with Gasteiger partial charge in [-0.1, -0.05) is 38.1 Å². The molecule has 148 valence electrons. The van der Waals surface area contributed by atoms with Crippen LogP contribution >= 0.6 is 0 Å². The molecule has 0 spiro atoms. The summed E-state index contributed by atoms with van der Waals surface area (Å²) in [6.45, 7) is 6.82. The van der Waals surface area contributed by atoms with E-state index in [0.717, 1.165) is 4.90 Å². The van der Waals surface area contributed by atoms with Crippen molar-refractivity contribution in [3.8, 4) is 0 Å². The first-order valence-corrected chi connectivity index (χ1v) is 8.68. The Kier molecular flexibility index (Phi) is 4.70. The summed E-state index contributed by atoms with van der Waals surface area (Å²) in [5.41, 5.74) is -1.24. The third-order valence-electron chi connectivity index (χ3n) is 4.52. The number of nitrogens with zero attached hydrogens (tertiary/aromatic N) is 2. The van der Waals surface area contributed by atoms with Crippen LogP contribution in [0.5, 0.6) is 0 Å². The molecule has 8 nitrogen and oxygen atoms in total. The monoisotopic (exact) mass is 388 g/mol. The van der Waals surface area contributed by atoms with Crippen LogP contribution in [0, 0.1) is 5.82 Å². The van der Waals surface area contributed by atoms with Crippen LogP contribution in [-0.2, 0) is 20.5 Å². The standard InChI is InChI=1S/C19H21FN4O4/c1-18(2,3)13-9-14(23-28-13)21-15(25)10-24-16(26)19(4,22-17(24)27)11-5-7-12(20)8-6-11/h5-9H,10H2,1-4H3,(H,22,27)(H,21,23,25).